The molecule has 2 aliphatic rings. The summed E-state index contributed by atoms with van der Waals surface area (Å²) >= 11 is 0. The SMILES string of the molecule is CCCCC(CC)CN1CC2(CCCC2)NCC1CCC. The standard InChI is InChI=1S/C19H38N2/c1-4-7-11-17(6-3)15-21-16-19(12-8-9-13-19)20-14-18(21)10-5-2/h17-18,20H,4-16H2,1-3H3. The molecule has 1 aliphatic carbocycles. The van der Waals surface area contributed by atoms with Crippen LogP contribution in [0.1, 0.15) is 85.0 Å². The molecule has 0 aromatic heterocycles. The molecule has 21 heavy (non-hydrogen) atoms. The van der Waals surface area contributed by atoms with Crippen LogP contribution < -0.4 is 5.32 Å². The molecular weight excluding hydrogens is 256 g/mol. The van der Waals surface area contributed by atoms with Gasteiger partial charge < -0.3 is 5.32 Å². The number of piperazine rings is 1. The highest BCUT2D eigenvalue weighted by molar-refractivity contribution is 5.01. The first-order valence-corrected chi connectivity index (χ1v) is 9.72. The molecule has 124 valence electrons. The first-order chi connectivity index (χ1) is 10.2. The lowest BCUT2D eigenvalue weighted by molar-refractivity contribution is 0.0591. The number of nitrogens with one attached hydrogen (secondary N) is 1. The van der Waals surface area contributed by atoms with Crippen molar-refractivity contribution in [3.05, 3.63) is 0 Å². The van der Waals surface area contributed by atoms with Gasteiger partial charge in [-0.15, -0.1) is 0 Å². The molecule has 1 heterocycles. The maximum atomic E-state index is 3.95. The van der Waals surface area contributed by atoms with E-state index in [1.807, 2.05) is 0 Å². The summed E-state index contributed by atoms with van der Waals surface area (Å²) in [5.74, 6) is 0.917. The third-order valence-electron chi connectivity index (χ3n) is 5.95. The average Bonchev–Trinajstić information content (AvgIpc) is 2.94. The minimum Gasteiger partial charge on any atom is -0.308 e. The van der Waals surface area contributed by atoms with Gasteiger partial charge in [0.15, 0.2) is 0 Å². The lowest BCUT2D eigenvalue weighted by atomic mass is 9.89. The van der Waals surface area contributed by atoms with Gasteiger partial charge in [-0.2, -0.15) is 0 Å². The van der Waals surface area contributed by atoms with Crippen molar-refractivity contribution in [1.82, 2.24) is 10.2 Å². The van der Waals surface area contributed by atoms with E-state index in [1.54, 1.807) is 0 Å². The second-order valence-corrected chi connectivity index (χ2v) is 7.66. The van der Waals surface area contributed by atoms with Crippen LogP contribution >= 0.6 is 0 Å². The highest BCUT2D eigenvalue weighted by Crippen LogP contribution is 2.34. The van der Waals surface area contributed by atoms with E-state index >= 15 is 0 Å². The van der Waals surface area contributed by atoms with Gasteiger partial charge in [0.25, 0.3) is 0 Å². The third kappa shape index (κ3) is 4.69. The Morgan fingerprint density at radius 1 is 1.14 bits per heavy atom. The van der Waals surface area contributed by atoms with Gasteiger partial charge in [0.05, 0.1) is 0 Å². The van der Waals surface area contributed by atoms with Gasteiger partial charge in [-0.25, -0.2) is 0 Å². The van der Waals surface area contributed by atoms with Gasteiger partial charge >= 0.3 is 0 Å². The topological polar surface area (TPSA) is 15.3 Å². The Bertz CT molecular complexity index is 283. The Morgan fingerprint density at radius 3 is 2.52 bits per heavy atom. The van der Waals surface area contributed by atoms with E-state index in [4.69, 9.17) is 0 Å². The van der Waals surface area contributed by atoms with Crippen LogP contribution in [0.2, 0.25) is 0 Å². The Morgan fingerprint density at radius 2 is 1.90 bits per heavy atom. The molecule has 2 nitrogen and oxygen atoms in total. The maximum absolute atomic E-state index is 3.95. The summed E-state index contributed by atoms with van der Waals surface area (Å²) in [7, 11) is 0. The fourth-order valence-corrected chi connectivity index (χ4v) is 4.50. The molecule has 2 heteroatoms. The second kappa shape index (κ2) is 8.53. The van der Waals surface area contributed by atoms with Crippen LogP contribution in [0.3, 0.4) is 0 Å². The molecule has 0 aromatic carbocycles. The summed E-state index contributed by atoms with van der Waals surface area (Å²) in [6.07, 6.45) is 13.9. The van der Waals surface area contributed by atoms with E-state index in [1.165, 1.54) is 83.8 Å². The van der Waals surface area contributed by atoms with Crippen LogP contribution in [0, 0.1) is 5.92 Å². The molecule has 0 amide bonds. The van der Waals surface area contributed by atoms with Crippen molar-refractivity contribution in [1.29, 1.82) is 0 Å². The Labute approximate surface area is 133 Å². The smallest absolute Gasteiger partial charge is 0.0309 e. The first kappa shape index (κ1) is 17.3. The molecule has 1 spiro atoms. The van der Waals surface area contributed by atoms with Crippen molar-refractivity contribution in [3.63, 3.8) is 0 Å². The van der Waals surface area contributed by atoms with Crippen LogP contribution in [0.5, 0.6) is 0 Å². The van der Waals surface area contributed by atoms with E-state index in [-0.39, 0.29) is 0 Å². The molecule has 0 bridgehead atoms. The van der Waals surface area contributed by atoms with Gasteiger partial charge in [0.1, 0.15) is 0 Å². The third-order valence-corrected chi connectivity index (χ3v) is 5.95. The Kier molecular flexibility index (Phi) is 7.01. The highest BCUT2D eigenvalue weighted by atomic mass is 15.3. The quantitative estimate of drug-likeness (QED) is 0.704. The molecule has 2 atom stereocenters. The molecule has 2 fully saturated rings. The molecule has 1 aliphatic heterocycles. The predicted molar refractivity (Wildman–Crippen MR) is 92.8 cm³/mol. The normalized spacial score (nSPS) is 27.3. The summed E-state index contributed by atoms with van der Waals surface area (Å²) in [5, 5.41) is 3.95. The molecule has 2 unspecified atom stereocenters. The second-order valence-electron chi connectivity index (χ2n) is 7.66. The van der Waals surface area contributed by atoms with Crippen molar-refractivity contribution in [2.45, 2.75) is 96.6 Å². The average molecular weight is 295 g/mol. The fraction of sp³-hybridized carbons (Fsp3) is 1.00. The van der Waals surface area contributed by atoms with E-state index in [0.717, 1.165) is 12.0 Å². The van der Waals surface area contributed by atoms with Gasteiger partial charge in [-0.3, -0.25) is 4.90 Å². The van der Waals surface area contributed by atoms with E-state index in [0.29, 0.717) is 5.54 Å². The first-order valence-electron chi connectivity index (χ1n) is 9.72. The van der Waals surface area contributed by atoms with Crippen LogP contribution in [0.25, 0.3) is 0 Å². The van der Waals surface area contributed by atoms with Crippen molar-refractivity contribution < 1.29 is 0 Å². The molecule has 1 N–H and O–H groups in total. The number of unbranched alkanes of at least 4 members (excludes halogenated alkanes) is 1. The van der Waals surface area contributed by atoms with Crippen LogP contribution in [-0.4, -0.2) is 36.1 Å². The predicted octanol–water partition coefficient (Wildman–Crippen LogP) is 4.59. The summed E-state index contributed by atoms with van der Waals surface area (Å²) in [6, 6.07) is 0.789. The monoisotopic (exact) mass is 294 g/mol. The van der Waals surface area contributed by atoms with Crippen molar-refractivity contribution in [3.8, 4) is 0 Å². The summed E-state index contributed by atoms with van der Waals surface area (Å²) in [5.41, 5.74) is 0.479. The van der Waals surface area contributed by atoms with Crippen molar-refractivity contribution >= 4 is 0 Å². The lowest BCUT2D eigenvalue weighted by Crippen LogP contribution is -2.63. The van der Waals surface area contributed by atoms with Gasteiger partial charge in [-0.1, -0.05) is 59.3 Å². The number of hydrogen-bond donors (Lipinski definition) is 1. The van der Waals surface area contributed by atoms with Gasteiger partial charge in [0, 0.05) is 31.2 Å². The molecule has 1 saturated heterocycles. The number of nitrogens with zero attached hydrogens (tertiary/aromatic N) is 1. The zero-order valence-corrected chi connectivity index (χ0v) is 14.8. The largest absolute Gasteiger partial charge is 0.308 e. The van der Waals surface area contributed by atoms with E-state index < -0.39 is 0 Å². The Balaban J connectivity index is 1.95. The molecular formula is C19H38N2. The van der Waals surface area contributed by atoms with Gasteiger partial charge in [0.2, 0.25) is 0 Å². The number of rotatable bonds is 8. The van der Waals surface area contributed by atoms with E-state index in [2.05, 4.69) is 31.0 Å². The summed E-state index contributed by atoms with van der Waals surface area (Å²) in [6.45, 7) is 11.0. The minimum atomic E-state index is 0.479. The van der Waals surface area contributed by atoms with Crippen molar-refractivity contribution in [2.24, 2.45) is 5.92 Å². The zero-order chi connectivity index (χ0) is 15.1. The minimum absolute atomic E-state index is 0.479. The van der Waals surface area contributed by atoms with Crippen LogP contribution in [-0.2, 0) is 0 Å². The van der Waals surface area contributed by atoms with Crippen molar-refractivity contribution in [2.75, 3.05) is 19.6 Å². The molecule has 2 rings (SSSR count). The summed E-state index contributed by atoms with van der Waals surface area (Å²) < 4.78 is 0. The number of hydrogen-bond acceptors (Lipinski definition) is 2. The van der Waals surface area contributed by atoms with E-state index in [9.17, 15) is 0 Å². The molecule has 0 radical (unpaired) electrons. The molecule has 0 aromatic rings. The highest BCUT2D eigenvalue weighted by Gasteiger charge is 2.40. The summed E-state index contributed by atoms with van der Waals surface area (Å²) in [4.78, 5) is 2.88. The fourth-order valence-electron chi connectivity index (χ4n) is 4.50. The molecule has 1 saturated carbocycles. The zero-order valence-electron chi connectivity index (χ0n) is 14.8. The van der Waals surface area contributed by atoms with Gasteiger partial charge in [-0.05, 0) is 31.6 Å². The van der Waals surface area contributed by atoms with Crippen LogP contribution in [0.15, 0.2) is 0 Å². The van der Waals surface area contributed by atoms with Crippen LogP contribution in [0.4, 0.5) is 0 Å². The Hall–Kier alpha value is -0.0800. The maximum Gasteiger partial charge on any atom is 0.0309 e. The lowest BCUT2D eigenvalue weighted by Gasteiger charge is -2.47.